The van der Waals surface area contributed by atoms with Gasteiger partial charge < -0.3 is 0 Å². The van der Waals surface area contributed by atoms with Crippen molar-refractivity contribution < 1.29 is 0 Å². The minimum Gasteiger partial charge on any atom is -0.137 e. The largest absolute Gasteiger partial charge is 0.137 e. The molecule has 1 aromatic carbocycles. The molecular weight excluding hydrogens is 280 g/mol. The van der Waals surface area contributed by atoms with Crippen LogP contribution in [0.3, 0.4) is 0 Å². The maximum atomic E-state index is 2.43. The molecule has 2 aromatic rings. The van der Waals surface area contributed by atoms with E-state index in [0.717, 1.165) is 0 Å². The van der Waals surface area contributed by atoms with Crippen LogP contribution in [-0.2, 0) is 10.8 Å². The van der Waals surface area contributed by atoms with E-state index in [4.69, 9.17) is 0 Å². The number of fused-ring (bicyclic) bond motifs is 1. The second kappa shape index (κ2) is 4.92. The lowest BCUT2D eigenvalue weighted by Gasteiger charge is -2.42. The molecule has 1 heterocycles. The maximum absolute atomic E-state index is 2.43. The summed E-state index contributed by atoms with van der Waals surface area (Å²) in [5.74, 6) is 0. The standard InChI is InChI=1S/C18H22S2/c1-17(2)9-10-18(3,4)15-12-13(7-8-14(15)17)20-16-6-5-11-19-16/h5-8,11-12H,9-10H2,1-4H3. The number of thiophene rings is 1. The first-order chi connectivity index (χ1) is 9.38. The lowest BCUT2D eigenvalue weighted by molar-refractivity contribution is 0.331. The smallest absolute Gasteiger partial charge is 0.0646 e. The van der Waals surface area contributed by atoms with Crippen LogP contribution >= 0.6 is 23.1 Å². The summed E-state index contributed by atoms with van der Waals surface area (Å²) < 4.78 is 1.37. The van der Waals surface area contributed by atoms with E-state index in [1.54, 1.807) is 11.1 Å². The Morgan fingerprint density at radius 2 is 1.65 bits per heavy atom. The third-order valence-corrected chi connectivity index (χ3v) is 6.56. The van der Waals surface area contributed by atoms with Crippen LogP contribution in [0.25, 0.3) is 0 Å². The Labute approximate surface area is 130 Å². The molecule has 0 spiro atoms. The predicted molar refractivity (Wildman–Crippen MR) is 90.2 cm³/mol. The molecule has 0 unspecified atom stereocenters. The van der Waals surface area contributed by atoms with Crippen LogP contribution in [0.15, 0.2) is 44.8 Å². The zero-order valence-corrected chi connectivity index (χ0v) is 14.3. The Morgan fingerprint density at radius 1 is 0.950 bits per heavy atom. The van der Waals surface area contributed by atoms with Gasteiger partial charge in [0.2, 0.25) is 0 Å². The normalized spacial score (nSPS) is 19.6. The maximum Gasteiger partial charge on any atom is 0.0646 e. The van der Waals surface area contributed by atoms with E-state index in [2.05, 4.69) is 63.4 Å². The minimum atomic E-state index is 0.302. The fourth-order valence-corrected chi connectivity index (χ4v) is 4.86. The summed E-state index contributed by atoms with van der Waals surface area (Å²) in [6.45, 7) is 9.54. The fourth-order valence-electron chi connectivity index (χ4n) is 3.07. The molecule has 0 nitrogen and oxygen atoms in total. The Kier molecular flexibility index (Phi) is 3.50. The second-order valence-corrected chi connectivity index (χ2v) is 9.33. The van der Waals surface area contributed by atoms with E-state index in [-0.39, 0.29) is 0 Å². The fraction of sp³-hybridized carbons (Fsp3) is 0.444. The third kappa shape index (κ3) is 2.56. The third-order valence-electron chi connectivity index (χ3n) is 4.54. The molecule has 0 N–H and O–H groups in total. The van der Waals surface area contributed by atoms with Gasteiger partial charge in [-0.2, -0.15) is 0 Å². The van der Waals surface area contributed by atoms with Crippen LogP contribution in [0.4, 0.5) is 0 Å². The van der Waals surface area contributed by atoms with E-state index < -0.39 is 0 Å². The summed E-state index contributed by atoms with van der Waals surface area (Å²) in [7, 11) is 0. The van der Waals surface area contributed by atoms with Crippen molar-refractivity contribution in [2.24, 2.45) is 0 Å². The highest BCUT2D eigenvalue weighted by molar-refractivity contribution is 8.01. The van der Waals surface area contributed by atoms with E-state index in [1.807, 2.05) is 23.1 Å². The molecule has 0 amide bonds. The van der Waals surface area contributed by atoms with Crippen molar-refractivity contribution >= 4 is 23.1 Å². The Balaban J connectivity index is 2.02. The highest BCUT2D eigenvalue weighted by Gasteiger charge is 2.36. The molecule has 0 saturated carbocycles. The van der Waals surface area contributed by atoms with E-state index in [1.165, 1.54) is 21.9 Å². The topological polar surface area (TPSA) is 0 Å². The Morgan fingerprint density at radius 3 is 2.30 bits per heavy atom. The van der Waals surface area contributed by atoms with Crippen LogP contribution in [0.2, 0.25) is 0 Å². The van der Waals surface area contributed by atoms with Gasteiger partial charge in [0.15, 0.2) is 0 Å². The summed E-state index contributed by atoms with van der Waals surface area (Å²) in [5.41, 5.74) is 3.72. The molecule has 106 valence electrons. The van der Waals surface area contributed by atoms with Crippen LogP contribution in [0, 0.1) is 0 Å². The van der Waals surface area contributed by atoms with Gasteiger partial charge in [0, 0.05) is 4.90 Å². The van der Waals surface area contributed by atoms with Gasteiger partial charge in [0.05, 0.1) is 4.21 Å². The molecule has 0 atom stereocenters. The van der Waals surface area contributed by atoms with Crippen molar-refractivity contribution in [1.29, 1.82) is 0 Å². The van der Waals surface area contributed by atoms with Crippen molar-refractivity contribution in [2.45, 2.75) is 60.5 Å². The number of hydrogen-bond acceptors (Lipinski definition) is 2. The van der Waals surface area contributed by atoms with Crippen molar-refractivity contribution in [3.05, 3.63) is 46.8 Å². The van der Waals surface area contributed by atoms with Gasteiger partial charge in [-0.15, -0.1) is 11.3 Å². The van der Waals surface area contributed by atoms with Crippen molar-refractivity contribution in [3.63, 3.8) is 0 Å². The second-order valence-electron chi connectivity index (χ2n) is 7.01. The van der Waals surface area contributed by atoms with E-state index >= 15 is 0 Å². The molecule has 1 aliphatic carbocycles. The SMILES string of the molecule is CC1(C)CCC(C)(C)c2cc(Sc3cccs3)ccc21. The molecule has 1 aliphatic rings. The van der Waals surface area contributed by atoms with Crippen LogP contribution in [0.5, 0.6) is 0 Å². The van der Waals surface area contributed by atoms with Crippen molar-refractivity contribution in [1.82, 2.24) is 0 Å². The lowest BCUT2D eigenvalue weighted by Crippen LogP contribution is -2.33. The molecule has 0 aliphatic heterocycles. The van der Waals surface area contributed by atoms with Crippen LogP contribution in [-0.4, -0.2) is 0 Å². The summed E-state index contributed by atoms with van der Waals surface area (Å²) in [5, 5.41) is 2.15. The van der Waals surface area contributed by atoms with Crippen LogP contribution < -0.4 is 0 Å². The van der Waals surface area contributed by atoms with Crippen molar-refractivity contribution in [3.8, 4) is 0 Å². The molecule has 20 heavy (non-hydrogen) atoms. The first-order valence-corrected chi connectivity index (χ1v) is 8.94. The first kappa shape index (κ1) is 14.2. The summed E-state index contributed by atoms with van der Waals surface area (Å²) in [4.78, 5) is 1.37. The molecule has 0 bridgehead atoms. The number of hydrogen-bond donors (Lipinski definition) is 0. The van der Waals surface area contributed by atoms with Crippen LogP contribution in [0.1, 0.15) is 51.7 Å². The molecular formula is C18H22S2. The molecule has 1 aromatic heterocycles. The number of benzene rings is 1. The zero-order valence-electron chi connectivity index (χ0n) is 12.7. The minimum absolute atomic E-state index is 0.302. The highest BCUT2D eigenvalue weighted by atomic mass is 32.2. The molecule has 2 heteroatoms. The monoisotopic (exact) mass is 302 g/mol. The molecule has 0 saturated heterocycles. The first-order valence-electron chi connectivity index (χ1n) is 7.25. The van der Waals surface area contributed by atoms with Gasteiger partial charge in [-0.1, -0.05) is 51.6 Å². The Hall–Kier alpha value is -0.730. The summed E-state index contributed by atoms with van der Waals surface area (Å²) >= 11 is 3.70. The van der Waals surface area contributed by atoms with Gasteiger partial charge in [-0.3, -0.25) is 0 Å². The molecule has 0 radical (unpaired) electrons. The van der Waals surface area contributed by atoms with Gasteiger partial charge in [0.1, 0.15) is 0 Å². The van der Waals surface area contributed by atoms with E-state index in [9.17, 15) is 0 Å². The van der Waals surface area contributed by atoms with Gasteiger partial charge in [-0.25, -0.2) is 0 Å². The quantitative estimate of drug-likeness (QED) is 0.632. The average Bonchev–Trinajstić information content (AvgIpc) is 2.88. The number of rotatable bonds is 2. The van der Waals surface area contributed by atoms with E-state index in [0.29, 0.717) is 10.8 Å². The van der Waals surface area contributed by atoms with Gasteiger partial charge in [0.25, 0.3) is 0 Å². The van der Waals surface area contributed by atoms with Gasteiger partial charge in [-0.05, 0) is 58.4 Å². The zero-order chi connectivity index (χ0) is 14.4. The predicted octanol–water partition coefficient (Wildman–Crippen LogP) is 6.25. The van der Waals surface area contributed by atoms with Crippen molar-refractivity contribution in [2.75, 3.05) is 0 Å². The average molecular weight is 303 g/mol. The lowest BCUT2D eigenvalue weighted by atomic mass is 9.63. The van der Waals surface area contributed by atoms with Gasteiger partial charge >= 0.3 is 0 Å². The molecule has 0 fully saturated rings. The summed E-state index contributed by atoms with van der Waals surface area (Å²) in [6.07, 6.45) is 2.56. The molecule has 3 rings (SSSR count). The summed E-state index contributed by atoms with van der Waals surface area (Å²) in [6, 6.07) is 11.4. The Bertz CT molecular complexity index is 606. The highest BCUT2D eigenvalue weighted by Crippen LogP contribution is 2.47.